The van der Waals surface area contributed by atoms with Crippen LogP contribution in [0.4, 0.5) is 13.2 Å². The molecule has 110 valence electrons. The van der Waals surface area contributed by atoms with E-state index in [-0.39, 0.29) is 6.42 Å². The first kappa shape index (κ1) is 16.5. The van der Waals surface area contributed by atoms with E-state index in [4.69, 9.17) is 5.26 Å². The Kier molecular flexibility index (Phi) is 5.14. The Hall–Kier alpha value is -1.59. The highest BCUT2D eigenvalue weighted by atomic mass is 32.2. The summed E-state index contributed by atoms with van der Waals surface area (Å²) >= 11 is 0. The fourth-order valence-corrected chi connectivity index (χ4v) is 2.75. The number of nitrogens with one attached hydrogen (secondary N) is 1. The average molecular weight is 306 g/mol. The largest absolute Gasteiger partial charge is 0.416 e. The van der Waals surface area contributed by atoms with Gasteiger partial charge in [-0.25, -0.2) is 8.42 Å². The molecule has 0 spiro atoms. The van der Waals surface area contributed by atoms with E-state index in [0.717, 1.165) is 18.2 Å². The molecule has 20 heavy (non-hydrogen) atoms. The third kappa shape index (κ3) is 4.21. The van der Waals surface area contributed by atoms with Crippen molar-refractivity contribution in [3.63, 3.8) is 0 Å². The minimum absolute atomic E-state index is 0.286. The average Bonchev–Trinajstić information content (AvgIpc) is 2.37. The molecule has 1 N–H and O–H groups in total. The fraction of sp³-hybridized carbons (Fsp3) is 0.417. The van der Waals surface area contributed by atoms with Gasteiger partial charge in [0.25, 0.3) is 0 Å². The molecule has 0 saturated carbocycles. The number of alkyl halides is 3. The predicted octanol–water partition coefficient (Wildman–Crippen LogP) is 2.68. The number of hydrogen-bond acceptors (Lipinski definition) is 3. The fourth-order valence-electron chi connectivity index (χ4n) is 1.53. The van der Waals surface area contributed by atoms with Crippen molar-refractivity contribution in [3.05, 3.63) is 29.8 Å². The van der Waals surface area contributed by atoms with Crippen LogP contribution in [0.3, 0.4) is 0 Å². The van der Waals surface area contributed by atoms with Crippen LogP contribution in [0.1, 0.15) is 25.3 Å². The zero-order valence-electron chi connectivity index (χ0n) is 10.6. The van der Waals surface area contributed by atoms with Crippen LogP contribution in [0.25, 0.3) is 0 Å². The van der Waals surface area contributed by atoms with Gasteiger partial charge in [0.1, 0.15) is 6.04 Å². The molecule has 1 aromatic rings. The topological polar surface area (TPSA) is 70.0 Å². The van der Waals surface area contributed by atoms with Crippen molar-refractivity contribution in [1.82, 2.24) is 4.72 Å². The van der Waals surface area contributed by atoms with Crippen molar-refractivity contribution < 1.29 is 21.6 Å². The molecule has 1 unspecified atom stereocenters. The molecule has 0 aliphatic heterocycles. The maximum atomic E-state index is 12.5. The van der Waals surface area contributed by atoms with Gasteiger partial charge in [-0.1, -0.05) is 19.4 Å². The summed E-state index contributed by atoms with van der Waals surface area (Å²) in [6.07, 6.45) is -3.76. The Morgan fingerprint density at radius 1 is 1.40 bits per heavy atom. The van der Waals surface area contributed by atoms with Gasteiger partial charge in [-0.15, -0.1) is 0 Å². The van der Waals surface area contributed by atoms with Crippen LogP contribution in [0, 0.1) is 11.3 Å². The summed E-state index contributed by atoms with van der Waals surface area (Å²) in [4.78, 5) is -0.510. The molecular weight excluding hydrogens is 293 g/mol. The van der Waals surface area contributed by atoms with Gasteiger partial charge in [0.05, 0.1) is 16.5 Å². The zero-order valence-corrected chi connectivity index (χ0v) is 11.4. The van der Waals surface area contributed by atoms with E-state index in [1.165, 1.54) is 0 Å². The number of nitrogens with zero attached hydrogens (tertiary/aromatic N) is 1. The molecule has 0 aliphatic rings. The molecule has 0 amide bonds. The van der Waals surface area contributed by atoms with Crippen LogP contribution < -0.4 is 4.72 Å². The van der Waals surface area contributed by atoms with E-state index in [0.29, 0.717) is 12.5 Å². The SMILES string of the molecule is CCCC(C#N)NS(=O)(=O)c1cccc(C(F)(F)F)c1. The van der Waals surface area contributed by atoms with Crippen LogP contribution in [0.15, 0.2) is 29.2 Å². The molecule has 0 aromatic heterocycles. The number of halogens is 3. The van der Waals surface area contributed by atoms with Crippen LogP contribution in [-0.4, -0.2) is 14.5 Å². The summed E-state index contributed by atoms with van der Waals surface area (Å²) < 4.78 is 63.5. The molecular formula is C12H13F3N2O2S. The van der Waals surface area contributed by atoms with Gasteiger partial charge < -0.3 is 0 Å². The molecule has 0 heterocycles. The first-order chi connectivity index (χ1) is 9.20. The Morgan fingerprint density at radius 3 is 2.55 bits per heavy atom. The van der Waals surface area contributed by atoms with Crippen molar-refractivity contribution in [1.29, 1.82) is 5.26 Å². The Balaban J connectivity index is 3.08. The summed E-state index contributed by atoms with van der Waals surface area (Å²) in [5.41, 5.74) is -1.05. The van der Waals surface area contributed by atoms with Gasteiger partial charge >= 0.3 is 6.18 Å². The van der Waals surface area contributed by atoms with Crippen molar-refractivity contribution in [3.8, 4) is 6.07 Å². The first-order valence-corrected chi connectivity index (χ1v) is 7.28. The van der Waals surface area contributed by atoms with Crippen LogP contribution >= 0.6 is 0 Å². The number of benzene rings is 1. The van der Waals surface area contributed by atoms with Gasteiger partial charge in [-0.05, 0) is 24.6 Å². The molecule has 4 nitrogen and oxygen atoms in total. The van der Waals surface area contributed by atoms with Gasteiger partial charge in [-0.2, -0.15) is 23.2 Å². The highest BCUT2D eigenvalue weighted by Crippen LogP contribution is 2.30. The maximum Gasteiger partial charge on any atom is 0.416 e. The lowest BCUT2D eigenvalue weighted by Crippen LogP contribution is -2.33. The molecule has 1 atom stereocenters. The molecule has 0 aliphatic carbocycles. The zero-order chi connectivity index (χ0) is 15.4. The van der Waals surface area contributed by atoms with Crippen molar-refractivity contribution in [2.75, 3.05) is 0 Å². The predicted molar refractivity (Wildman–Crippen MR) is 66.1 cm³/mol. The van der Waals surface area contributed by atoms with E-state index in [2.05, 4.69) is 4.72 Å². The highest BCUT2D eigenvalue weighted by Gasteiger charge is 2.32. The molecule has 1 aromatic carbocycles. The second-order valence-electron chi connectivity index (χ2n) is 4.12. The Bertz CT molecular complexity index is 606. The van der Waals surface area contributed by atoms with Crippen LogP contribution in [-0.2, 0) is 16.2 Å². The van der Waals surface area contributed by atoms with Gasteiger partial charge in [0.15, 0.2) is 0 Å². The maximum absolute atomic E-state index is 12.5. The van der Waals surface area contributed by atoms with Crippen molar-refractivity contribution in [2.24, 2.45) is 0 Å². The van der Waals surface area contributed by atoms with Gasteiger partial charge in [0, 0.05) is 0 Å². The normalized spacial score (nSPS) is 13.8. The van der Waals surface area contributed by atoms with E-state index in [1.54, 1.807) is 13.0 Å². The van der Waals surface area contributed by atoms with Gasteiger partial charge in [-0.3, -0.25) is 0 Å². The number of nitriles is 1. The Labute approximate surface area is 115 Å². The lowest BCUT2D eigenvalue weighted by atomic mass is 10.2. The second kappa shape index (κ2) is 6.24. The second-order valence-corrected chi connectivity index (χ2v) is 5.83. The summed E-state index contributed by atoms with van der Waals surface area (Å²) in [6, 6.07) is 4.20. The minimum atomic E-state index is -4.62. The van der Waals surface area contributed by atoms with Crippen molar-refractivity contribution in [2.45, 2.75) is 36.9 Å². The third-order valence-corrected chi connectivity index (χ3v) is 3.97. The van der Waals surface area contributed by atoms with Crippen LogP contribution in [0.5, 0.6) is 0 Å². The summed E-state index contributed by atoms with van der Waals surface area (Å²) in [6.45, 7) is 1.77. The minimum Gasteiger partial charge on any atom is -0.207 e. The first-order valence-electron chi connectivity index (χ1n) is 5.80. The molecule has 0 fully saturated rings. The van der Waals surface area contributed by atoms with Crippen LogP contribution in [0.2, 0.25) is 0 Å². The van der Waals surface area contributed by atoms with E-state index < -0.39 is 32.7 Å². The monoisotopic (exact) mass is 306 g/mol. The van der Waals surface area contributed by atoms with E-state index in [1.807, 2.05) is 0 Å². The number of rotatable bonds is 5. The number of sulfonamides is 1. The molecule has 0 saturated heterocycles. The highest BCUT2D eigenvalue weighted by molar-refractivity contribution is 7.89. The molecule has 0 radical (unpaired) electrons. The Morgan fingerprint density at radius 2 is 2.05 bits per heavy atom. The quantitative estimate of drug-likeness (QED) is 0.909. The smallest absolute Gasteiger partial charge is 0.207 e. The van der Waals surface area contributed by atoms with E-state index in [9.17, 15) is 21.6 Å². The third-order valence-electron chi connectivity index (χ3n) is 2.50. The van der Waals surface area contributed by atoms with Crippen molar-refractivity contribution >= 4 is 10.0 Å². The van der Waals surface area contributed by atoms with E-state index >= 15 is 0 Å². The number of hydrogen-bond donors (Lipinski definition) is 1. The molecule has 0 bridgehead atoms. The summed E-state index contributed by atoms with van der Waals surface area (Å²) in [5, 5.41) is 8.79. The summed E-state index contributed by atoms with van der Waals surface area (Å²) in [7, 11) is -4.15. The lowest BCUT2D eigenvalue weighted by Gasteiger charge is -2.13. The van der Waals surface area contributed by atoms with Gasteiger partial charge in [0.2, 0.25) is 10.0 Å². The lowest BCUT2D eigenvalue weighted by molar-refractivity contribution is -0.137. The molecule has 1 rings (SSSR count). The molecule has 8 heteroatoms. The summed E-state index contributed by atoms with van der Waals surface area (Å²) in [5.74, 6) is 0. The standard InChI is InChI=1S/C12H13F3N2O2S/c1-2-4-10(8-16)17-20(18,19)11-6-3-5-9(7-11)12(13,14)15/h3,5-7,10,17H,2,4H2,1H3.